The average Bonchev–Trinajstić information content (AvgIpc) is 2.46. The van der Waals surface area contributed by atoms with E-state index in [-0.39, 0.29) is 6.04 Å². The fourth-order valence-corrected chi connectivity index (χ4v) is 2.94. The molecular formula is C16H19N3. The summed E-state index contributed by atoms with van der Waals surface area (Å²) in [5.74, 6) is 1.06. The predicted molar refractivity (Wildman–Crippen MR) is 78.3 cm³/mol. The summed E-state index contributed by atoms with van der Waals surface area (Å²) in [5, 5.41) is 0. The average molecular weight is 253 g/mol. The molecule has 0 bridgehead atoms. The number of rotatable bonds is 2. The molecule has 2 N–H and O–H groups in total. The summed E-state index contributed by atoms with van der Waals surface area (Å²) in [5.41, 5.74) is 10.0. The molecule has 0 saturated carbocycles. The van der Waals surface area contributed by atoms with E-state index in [1.54, 1.807) is 0 Å². The zero-order valence-electron chi connectivity index (χ0n) is 11.2. The second kappa shape index (κ2) is 5.02. The molecule has 3 nitrogen and oxygen atoms in total. The zero-order chi connectivity index (χ0) is 13.2. The molecule has 3 heteroatoms. The van der Waals surface area contributed by atoms with Gasteiger partial charge in [0.05, 0.1) is 6.04 Å². The fourth-order valence-electron chi connectivity index (χ4n) is 2.94. The lowest BCUT2D eigenvalue weighted by Crippen LogP contribution is -2.40. The van der Waals surface area contributed by atoms with Crippen molar-refractivity contribution in [2.45, 2.75) is 19.4 Å². The van der Waals surface area contributed by atoms with E-state index in [4.69, 9.17) is 5.73 Å². The van der Waals surface area contributed by atoms with Crippen molar-refractivity contribution in [1.29, 1.82) is 0 Å². The minimum absolute atomic E-state index is 0.235. The molecule has 98 valence electrons. The molecule has 0 saturated heterocycles. The smallest absolute Gasteiger partial charge is 0.131 e. The fraction of sp³-hybridized carbons (Fsp3) is 0.312. The molecule has 1 aromatic heterocycles. The topological polar surface area (TPSA) is 42.2 Å². The summed E-state index contributed by atoms with van der Waals surface area (Å²) < 4.78 is 0. The first-order chi connectivity index (χ1) is 9.31. The van der Waals surface area contributed by atoms with E-state index in [1.807, 2.05) is 12.3 Å². The van der Waals surface area contributed by atoms with Crippen molar-refractivity contribution in [1.82, 2.24) is 4.98 Å². The molecule has 1 atom stereocenters. The minimum Gasteiger partial charge on any atom is -0.348 e. The first-order valence-corrected chi connectivity index (χ1v) is 6.77. The summed E-state index contributed by atoms with van der Waals surface area (Å²) in [7, 11) is 0. The van der Waals surface area contributed by atoms with Crippen LogP contribution in [0.4, 0.5) is 5.82 Å². The second-order valence-corrected chi connectivity index (χ2v) is 5.04. The molecule has 0 spiro atoms. The number of nitrogens with two attached hydrogens (primary N) is 1. The third-order valence-corrected chi connectivity index (χ3v) is 3.89. The number of pyridine rings is 1. The van der Waals surface area contributed by atoms with Crippen molar-refractivity contribution in [2.24, 2.45) is 5.73 Å². The summed E-state index contributed by atoms with van der Waals surface area (Å²) in [6.45, 7) is 3.71. The van der Waals surface area contributed by atoms with E-state index >= 15 is 0 Å². The maximum absolute atomic E-state index is 6.03. The maximum atomic E-state index is 6.03. The van der Waals surface area contributed by atoms with Gasteiger partial charge < -0.3 is 10.6 Å². The summed E-state index contributed by atoms with van der Waals surface area (Å²) in [6.07, 6.45) is 2.92. The Morgan fingerprint density at radius 2 is 2.11 bits per heavy atom. The highest BCUT2D eigenvalue weighted by Gasteiger charge is 2.27. The van der Waals surface area contributed by atoms with Crippen LogP contribution >= 0.6 is 0 Å². The van der Waals surface area contributed by atoms with Gasteiger partial charge >= 0.3 is 0 Å². The van der Waals surface area contributed by atoms with Crippen LogP contribution in [0.3, 0.4) is 0 Å². The largest absolute Gasteiger partial charge is 0.348 e. The van der Waals surface area contributed by atoms with Gasteiger partial charge in [-0.1, -0.05) is 30.3 Å². The van der Waals surface area contributed by atoms with Crippen LogP contribution in [0.2, 0.25) is 0 Å². The van der Waals surface area contributed by atoms with Gasteiger partial charge in [-0.15, -0.1) is 0 Å². The van der Waals surface area contributed by atoms with Gasteiger partial charge in [0.25, 0.3) is 0 Å². The van der Waals surface area contributed by atoms with Crippen LogP contribution in [-0.2, 0) is 6.42 Å². The highest BCUT2D eigenvalue weighted by atomic mass is 15.2. The number of aromatic nitrogens is 1. The predicted octanol–water partition coefficient (Wildman–Crippen LogP) is 2.45. The quantitative estimate of drug-likeness (QED) is 0.894. The van der Waals surface area contributed by atoms with Gasteiger partial charge in [-0.3, -0.25) is 0 Å². The van der Waals surface area contributed by atoms with E-state index in [0.29, 0.717) is 6.54 Å². The Morgan fingerprint density at radius 3 is 2.89 bits per heavy atom. The lowest BCUT2D eigenvalue weighted by atomic mass is 9.92. The standard InChI is InChI=1S/C16H19N3/c1-12-5-4-9-18-16(12)19-10-8-13-6-2-3-7-14(13)15(19)11-17/h2-7,9,15H,8,10-11,17H2,1H3. The maximum Gasteiger partial charge on any atom is 0.131 e. The molecule has 1 unspecified atom stereocenters. The van der Waals surface area contributed by atoms with Gasteiger partial charge in [-0.2, -0.15) is 0 Å². The number of fused-ring (bicyclic) bond motifs is 1. The van der Waals surface area contributed by atoms with E-state index in [9.17, 15) is 0 Å². The molecule has 2 heterocycles. The van der Waals surface area contributed by atoms with Crippen molar-refractivity contribution in [3.05, 3.63) is 59.3 Å². The summed E-state index contributed by atoms with van der Waals surface area (Å²) >= 11 is 0. The van der Waals surface area contributed by atoms with Crippen LogP contribution in [0.5, 0.6) is 0 Å². The van der Waals surface area contributed by atoms with Crippen molar-refractivity contribution >= 4 is 5.82 Å². The van der Waals surface area contributed by atoms with Gasteiger partial charge in [-0.25, -0.2) is 4.98 Å². The van der Waals surface area contributed by atoms with Crippen LogP contribution in [0.15, 0.2) is 42.6 Å². The monoisotopic (exact) mass is 253 g/mol. The first kappa shape index (κ1) is 12.2. The van der Waals surface area contributed by atoms with Crippen molar-refractivity contribution in [2.75, 3.05) is 18.0 Å². The molecule has 1 aliphatic rings. The van der Waals surface area contributed by atoms with E-state index < -0.39 is 0 Å². The Bertz CT molecular complexity index is 580. The van der Waals surface area contributed by atoms with E-state index in [0.717, 1.165) is 18.8 Å². The van der Waals surface area contributed by atoms with Gasteiger partial charge in [0.15, 0.2) is 0 Å². The Hall–Kier alpha value is -1.87. The van der Waals surface area contributed by atoms with Gasteiger partial charge in [-0.05, 0) is 36.1 Å². The van der Waals surface area contributed by atoms with Crippen LogP contribution in [0, 0.1) is 6.92 Å². The molecule has 0 aliphatic carbocycles. The van der Waals surface area contributed by atoms with E-state index in [2.05, 4.69) is 47.1 Å². The summed E-state index contributed by atoms with van der Waals surface area (Å²) in [6, 6.07) is 12.9. The zero-order valence-corrected chi connectivity index (χ0v) is 11.2. The van der Waals surface area contributed by atoms with Gasteiger partial charge in [0, 0.05) is 19.3 Å². The molecule has 1 aromatic carbocycles. The van der Waals surface area contributed by atoms with Crippen molar-refractivity contribution < 1.29 is 0 Å². The van der Waals surface area contributed by atoms with Crippen LogP contribution in [0.1, 0.15) is 22.7 Å². The minimum atomic E-state index is 0.235. The SMILES string of the molecule is Cc1cccnc1N1CCc2ccccc2C1CN. The Labute approximate surface area is 114 Å². The normalized spacial score (nSPS) is 18.2. The lowest BCUT2D eigenvalue weighted by Gasteiger charge is -2.38. The third-order valence-electron chi connectivity index (χ3n) is 3.89. The van der Waals surface area contributed by atoms with Crippen molar-refractivity contribution in [3.8, 4) is 0 Å². The lowest BCUT2D eigenvalue weighted by molar-refractivity contribution is 0.583. The van der Waals surface area contributed by atoms with Crippen LogP contribution < -0.4 is 10.6 Å². The molecule has 0 amide bonds. The number of hydrogen-bond donors (Lipinski definition) is 1. The third kappa shape index (κ3) is 2.10. The Kier molecular flexibility index (Phi) is 3.22. The van der Waals surface area contributed by atoms with Crippen LogP contribution in [0.25, 0.3) is 0 Å². The van der Waals surface area contributed by atoms with Crippen molar-refractivity contribution in [3.63, 3.8) is 0 Å². The molecule has 0 radical (unpaired) electrons. The number of nitrogens with zero attached hydrogens (tertiary/aromatic N) is 2. The molecule has 3 rings (SSSR count). The second-order valence-electron chi connectivity index (χ2n) is 5.04. The Morgan fingerprint density at radius 1 is 1.26 bits per heavy atom. The molecule has 1 aliphatic heterocycles. The summed E-state index contributed by atoms with van der Waals surface area (Å²) in [4.78, 5) is 6.89. The first-order valence-electron chi connectivity index (χ1n) is 6.77. The van der Waals surface area contributed by atoms with Gasteiger partial charge in [0.2, 0.25) is 0 Å². The Balaban J connectivity index is 2.03. The highest BCUT2D eigenvalue weighted by molar-refractivity contribution is 5.51. The number of hydrogen-bond acceptors (Lipinski definition) is 3. The van der Waals surface area contributed by atoms with Gasteiger partial charge in [0.1, 0.15) is 5.82 Å². The molecule has 0 fully saturated rings. The van der Waals surface area contributed by atoms with E-state index in [1.165, 1.54) is 16.7 Å². The van der Waals surface area contributed by atoms with Crippen LogP contribution in [-0.4, -0.2) is 18.1 Å². The molecule has 2 aromatic rings. The highest BCUT2D eigenvalue weighted by Crippen LogP contribution is 2.33. The number of anilines is 1. The number of aryl methyl sites for hydroxylation is 1. The molecule has 19 heavy (non-hydrogen) atoms. The molecular weight excluding hydrogens is 234 g/mol. The number of benzene rings is 1.